The van der Waals surface area contributed by atoms with E-state index in [0.717, 1.165) is 11.1 Å². The number of nitrogens with two attached hydrogens (primary N) is 1. The molecule has 0 bridgehead atoms. The van der Waals surface area contributed by atoms with Crippen LogP contribution in [0.1, 0.15) is 105 Å². The number of sulfonamides is 1. The minimum Gasteiger partial charge on any atom is -0.322 e. The normalized spacial score (nSPS) is 13.9. The number of hydrogen-bond acceptors (Lipinski definition) is 3. The van der Waals surface area contributed by atoms with Crippen LogP contribution in [0.4, 0.5) is 0 Å². The van der Waals surface area contributed by atoms with Crippen LogP contribution in [0.15, 0.2) is 72.8 Å². The van der Waals surface area contributed by atoms with Crippen molar-refractivity contribution in [2.45, 2.75) is 77.8 Å². The quantitative estimate of drug-likeness (QED) is 0.295. The molecule has 0 amide bonds. The zero-order chi connectivity index (χ0) is 26.5. The first-order valence-corrected chi connectivity index (χ1v) is 14.7. The van der Waals surface area contributed by atoms with Gasteiger partial charge < -0.3 is 5.73 Å². The van der Waals surface area contributed by atoms with Crippen molar-refractivity contribution in [3.8, 4) is 0 Å². The van der Waals surface area contributed by atoms with Gasteiger partial charge in [-0.2, -0.15) is 0 Å². The average molecular weight is 507 g/mol. The second-order valence-electron chi connectivity index (χ2n) is 10.7. The summed E-state index contributed by atoms with van der Waals surface area (Å²) in [5.41, 5.74) is 13.4. The van der Waals surface area contributed by atoms with E-state index in [2.05, 4.69) is 58.4 Å². The fourth-order valence-corrected chi connectivity index (χ4v) is 6.02. The summed E-state index contributed by atoms with van der Waals surface area (Å²) in [6.45, 7) is 13.1. The molecule has 0 radical (unpaired) electrons. The molecule has 0 aliphatic heterocycles. The summed E-state index contributed by atoms with van der Waals surface area (Å²) >= 11 is 0. The van der Waals surface area contributed by atoms with Crippen LogP contribution < -0.4 is 10.5 Å². The molecule has 0 spiro atoms. The summed E-state index contributed by atoms with van der Waals surface area (Å²) in [6.07, 6.45) is 0.469. The van der Waals surface area contributed by atoms with Gasteiger partial charge in [0.25, 0.3) is 0 Å². The molecular weight excluding hydrogens is 464 g/mol. The fraction of sp³-hybridized carbons (Fsp3) is 0.419. The fourth-order valence-electron chi connectivity index (χ4n) is 4.76. The summed E-state index contributed by atoms with van der Waals surface area (Å²) in [4.78, 5) is 0. The van der Waals surface area contributed by atoms with Crippen molar-refractivity contribution in [2.75, 3.05) is 5.75 Å². The highest BCUT2D eigenvalue weighted by Gasteiger charge is 2.27. The highest BCUT2D eigenvalue weighted by atomic mass is 32.2. The van der Waals surface area contributed by atoms with Crippen LogP contribution in [-0.4, -0.2) is 14.2 Å². The zero-order valence-corrected chi connectivity index (χ0v) is 23.3. The second kappa shape index (κ2) is 12.2. The molecule has 3 aromatic carbocycles. The molecule has 2 atom stereocenters. The van der Waals surface area contributed by atoms with Gasteiger partial charge in [-0.3, -0.25) is 0 Å². The Kier molecular flexibility index (Phi) is 9.51. The van der Waals surface area contributed by atoms with Crippen molar-refractivity contribution in [3.63, 3.8) is 0 Å². The van der Waals surface area contributed by atoms with Crippen LogP contribution in [0.3, 0.4) is 0 Å². The largest absolute Gasteiger partial charge is 0.322 e. The monoisotopic (exact) mass is 506 g/mol. The third kappa shape index (κ3) is 7.06. The van der Waals surface area contributed by atoms with Crippen LogP contribution in [0, 0.1) is 0 Å². The maximum atomic E-state index is 13.5. The lowest BCUT2D eigenvalue weighted by atomic mass is 9.83. The third-order valence-electron chi connectivity index (χ3n) is 6.88. The lowest BCUT2D eigenvalue weighted by Crippen LogP contribution is -2.37. The van der Waals surface area contributed by atoms with Crippen LogP contribution >= 0.6 is 0 Å². The molecule has 194 valence electrons. The summed E-state index contributed by atoms with van der Waals surface area (Å²) in [5.74, 6) is 1.06. The van der Waals surface area contributed by atoms with Gasteiger partial charge in [-0.05, 0) is 57.6 Å². The molecule has 36 heavy (non-hydrogen) atoms. The number of benzene rings is 3. The van der Waals surface area contributed by atoms with Crippen molar-refractivity contribution in [2.24, 2.45) is 5.73 Å². The maximum absolute atomic E-state index is 13.5. The number of hydrogen-bond donors (Lipinski definition) is 2. The Hall–Kier alpha value is -2.47. The molecule has 3 aromatic rings. The Morgan fingerprint density at radius 1 is 0.694 bits per heavy atom. The van der Waals surface area contributed by atoms with E-state index in [4.69, 9.17) is 5.73 Å². The van der Waals surface area contributed by atoms with Gasteiger partial charge in [0, 0.05) is 0 Å². The molecule has 3 N–H and O–H groups in total. The number of rotatable bonds is 11. The topological polar surface area (TPSA) is 72.2 Å². The SMILES string of the molecule is CC(C)c1cc(C(C)C)c(CCS(=O)(=O)NC(c2ccccc2)C(N)c2ccccc2)c(C(C)C)c1. The molecule has 4 nitrogen and oxygen atoms in total. The Labute approximate surface area is 218 Å². The second-order valence-corrected chi connectivity index (χ2v) is 12.5. The maximum Gasteiger partial charge on any atom is 0.212 e. The molecule has 0 saturated carbocycles. The summed E-state index contributed by atoms with van der Waals surface area (Å²) in [7, 11) is -3.62. The van der Waals surface area contributed by atoms with Gasteiger partial charge in [-0.1, -0.05) is 114 Å². The van der Waals surface area contributed by atoms with E-state index >= 15 is 0 Å². The predicted molar refractivity (Wildman–Crippen MR) is 152 cm³/mol. The van der Waals surface area contributed by atoms with Gasteiger partial charge in [0.05, 0.1) is 17.8 Å². The third-order valence-corrected chi connectivity index (χ3v) is 8.24. The van der Waals surface area contributed by atoms with Crippen molar-refractivity contribution in [1.29, 1.82) is 0 Å². The Morgan fingerprint density at radius 3 is 1.61 bits per heavy atom. The lowest BCUT2D eigenvalue weighted by Gasteiger charge is -2.27. The Morgan fingerprint density at radius 2 is 1.17 bits per heavy atom. The molecule has 5 heteroatoms. The van der Waals surface area contributed by atoms with E-state index in [0.29, 0.717) is 24.2 Å². The van der Waals surface area contributed by atoms with Gasteiger partial charge >= 0.3 is 0 Å². The molecule has 3 rings (SSSR count). The minimum atomic E-state index is -3.62. The van der Waals surface area contributed by atoms with Gasteiger partial charge in [-0.25, -0.2) is 13.1 Å². The molecule has 0 aliphatic carbocycles. The summed E-state index contributed by atoms with van der Waals surface area (Å²) < 4.78 is 29.9. The molecular formula is C31H42N2O2S. The van der Waals surface area contributed by atoms with E-state index < -0.39 is 22.1 Å². The molecule has 0 aliphatic rings. The molecule has 0 fully saturated rings. The first-order chi connectivity index (χ1) is 17.0. The summed E-state index contributed by atoms with van der Waals surface area (Å²) in [5, 5.41) is 0. The summed E-state index contributed by atoms with van der Waals surface area (Å²) in [6, 6.07) is 22.7. The van der Waals surface area contributed by atoms with Gasteiger partial charge in [0.1, 0.15) is 0 Å². The first kappa shape index (κ1) is 28.1. The van der Waals surface area contributed by atoms with Gasteiger partial charge in [-0.15, -0.1) is 0 Å². The standard InChI is InChI=1S/C31H42N2O2S/c1-21(2)26-19-28(22(3)4)27(29(20-26)23(5)6)17-18-36(34,35)33-31(25-15-11-8-12-16-25)30(32)24-13-9-7-10-14-24/h7-16,19-23,30-31,33H,17-18,32H2,1-6H3. The van der Waals surface area contributed by atoms with E-state index in [-0.39, 0.29) is 5.75 Å². The van der Waals surface area contributed by atoms with E-state index in [1.807, 2.05) is 60.7 Å². The highest BCUT2D eigenvalue weighted by Crippen LogP contribution is 2.33. The van der Waals surface area contributed by atoms with Crippen LogP contribution in [-0.2, 0) is 16.4 Å². The van der Waals surface area contributed by atoms with Crippen LogP contribution in [0.5, 0.6) is 0 Å². The Balaban J connectivity index is 1.92. The highest BCUT2D eigenvalue weighted by molar-refractivity contribution is 7.89. The van der Waals surface area contributed by atoms with Crippen molar-refractivity contribution in [3.05, 3.63) is 106 Å². The van der Waals surface area contributed by atoms with Crippen molar-refractivity contribution in [1.82, 2.24) is 4.72 Å². The van der Waals surface area contributed by atoms with Crippen molar-refractivity contribution < 1.29 is 8.42 Å². The molecule has 2 unspecified atom stereocenters. The van der Waals surface area contributed by atoms with Crippen molar-refractivity contribution >= 4 is 10.0 Å². The lowest BCUT2D eigenvalue weighted by molar-refractivity contribution is 0.503. The first-order valence-electron chi connectivity index (χ1n) is 13.0. The Bertz CT molecular complexity index is 1190. The van der Waals surface area contributed by atoms with Crippen LogP contribution in [0.2, 0.25) is 0 Å². The van der Waals surface area contributed by atoms with Gasteiger partial charge in [0.2, 0.25) is 10.0 Å². The zero-order valence-electron chi connectivity index (χ0n) is 22.5. The van der Waals surface area contributed by atoms with Crippen LogP contribution in [0.25, 0.3) is 0 Å². The van der Waals surface area contributed by atoms with Gasteiger partial charge in [0.15, 0.2) is 0 Å². The van der Waals surface area contributed by atoms with E-state index in [1.165, 1.54) is 22.3 Å². The molecule has 0 heterocycles. The smallest absolute Gasteiger partial charge is 0.212 e. The predicted octanol–water partition coefficient (Wildman–Crippen LogP) is 6.96. The van der Waals surface area contributed by atoms with E-state index in [9.17, 15) is 8.42 Å². The number of nitrogens with one attached hydrogen (secondary N) is 1. The molecule has 0 aromatic heterocycles. The molecule has 0 saturated heterocycles. The minimum absolute atomic E-state index is 0.0122. The average Bonchev–Trinajstić information content (AvgIpc) is 2.86. The van der Waals surface area contributed by atoms with E-state index in [1.54, 1.807) is 0 Å².